The lowest BCUT2D eigenvalue weighted by Crippen LogP contribution is -2.14. The molecule has 0 saturated carbocycles. The molecule has 4 heteroatoms. The van der Waals surface area contributed by atoms with Crippen LogP contribution in [0.25, 0.3) is 0 Å². The predicted molar refractivity (Wildman–Crippen MR) is 70.9 cm³/mol. The summed E-state index contributed by atoms with van der Waals surface area (Å²) < 4.78 is 5.14. The first-order valence-corrected chi connectivity index (χ1v) is 6.54. The van der Waals surface area contributed by atoms with Gasteiger partial charge < -0.3 is 4.74 Å². The van der Waals surface area contributed by atoms with Gasteiger partial charge in [-0.3, -0.25) is 4.79 Å². The summed E-state index contributed by atoms with van der Waals surface area (Å²) in [6.07, 6.45) is 3.14. The van der Waals surface area contributed by atoms with Gasteiger partial charge >= 0.3 is 5.97 Å². The number of halogens is 2. The van der Waals surface area contributed by atoms with Gasteiger partial charge in [0.25, 0.3) is 0 Å². The molecular formula is C13H16Cl2O2. The Morgan fingerprint density at radius 2 is 2.12 bits per heavy atom. The van der Waals surface area contributed by atoms with Crippen molar-refractivity contribution < 1.29 is 9.53 Å². The SMILES string of the molecule is CCCCC(Cl)CC(=O)Oc1ccccc1Cl. The normalized spacial score (nSPS) is 12.2. The molecule has 0 amide bonds. The number of unbranched alkanes of at least 4 members (excludes halogenated alkanes) is 1. The monoisotopic (exact) mass is 274 g/mol. The van der Waals surface area contributed by atoms with Gasteiger partial charge in [0.15, 0.2) is 0 Å². The predicted octanol–water partition coefficient (Wildman–Crippen LogP) is 4.43. The van der Waals surface area contributed by atoms with Gasteiger partial charge in [-0.25, -0.2) is 0 Å². The Morgan fingerprint density at radius 1 is 1.41 bits per heavy atom. The minimum Gasteiger partial charge on any atom is -0.425 e. The zero-order valence-corrected chi connectivity index (χ0v) is 11.3. The topological polar surface area (TPSA) is 26.3 Å². The second kappa shape index (κ2) is 7.57. The first-order chi connectivity index (χ1) is 8.13. The highest BCUT2D eigenvalue weighted by molar-refractivity contribution is 6.32. The van der Waals surface area contributed by atoms with Crippen molar-refractivity contribution in [3.05, 3.63) is 29.3 Å². The molecule has 0 aliphatic rings. The number of carbonyl (C=O) groups excluding carboxylic acids is 1. The number of alkyl halides is 1. The van der Waals surface area contributed by atoms with Gasteiger partial charge in [0, 0.05) is 5.38 Å². The molecule has 2 nitrogen and oxygen atoms in total. The summed E-state index contributed by atoms with van der Waals surface area (Å²) >= 11 is 11.9. The van der Waals surface area contributed by atoms with E-state index >= 15 is 0 Å². The van der Waals surface area contributed by atoms with Gasteiger partial charge in [0.1, 0.15) is 5.75 Å². The Kier molecular flexibility index (Phi) is 6.38. The molecule has 0 N–H and O–H groups in total. The molecule has 1 rings (SSSR count). The van der Waals surface area contributed by atoms with Crippen molar-refractivity contribution in [3.63, 3.8) is 0 Å². The maximum atomic E-state index is 11.6. The molecule has 17 heavy (non-hydrogen) atoms. The van der Waals surface area contributed by atoms with E-state index in [2.05, 4.69) is 6.92 Å². The lowest BCUT2D eigenvalue weighted by atomic mass is 10.1. The average molecular weight is 275 g/mol. The highest BCUT2D eigenvalue weighted by Gasteiger charge is 2.13. The molecule has 0 bridgehead atoms. The van der Waals surface area contributed by atoms with E-state index in [1.807, 2.05) is 0 Å². The quantitative estimate of drug-likeness (QED) is 0.436. The number of benzene rings is 1. The zero-order valence-electron chi connectivity index (χ0n) is 9.79. The van der Waals surface area contributed by atoms with Crippen molar-refractivity contribution in [2.45, 2.75) is 38.0 Å². The van der Waals surface area contributed by atoms with Crippen LogP contribution < -0.4 is 4.74 Å². The molecule has 0 saturated heterocycles. The number of carbonyl (C=O) groups is 1. The van der Waals surface area contributed by atoms with Crippen molar-refractivity contribution >= 4 is 29.2 Å². The standard InChI is InChI=1S/C13H16Cl2O2/c1-2-3-6-10(14)9-13(16)17-12-8-5-4-7-11(12)15/h4-5,7-8,10H,2-3,6,9H2,1H3. The van der Waals surface area contributed by atoms with Crippen LogP contribution in [-0.2, 0) is 4.79 Å². The molecule has 0 heterocycles. The first-order valence-electron chi connectivity index (χ1n) is 5.72. The molecule has 1 aromatic rings. The van der Waals surface area contributed by atoms with Crippen LogP contribution in [0.2, 0.25) is 5.02 Å². The van der Waals surface area contributed by atoms with Crippen molar-refractivity contribution in [2.24, 2.45) is 0 Å². The van der Waals surface area contributed by atoms with Crippen LogP contribution in [0.15, 0.2) is 24.3 Å². The third-order valence-corrected chi connectivity index (χ3v) is 3.00. The summed E-state index contributed by atoms with van der Waals surface area (Å²) in [6.45, 7) is 2.09. The van der Waals surface area contributed by atoms with E-state index in [1.54, 1.807) is 24.3 Å². The minimum atomic E-state index is -0.339. The molecule has 1 aromatic carbocycles. The van der Waals surface area contributed by atoms with Gasteiger partial charge in [-0.2, -0.15) is 0 Å². The molecule has 0 aromatic heterocycles. The molecule has 1 atom stereocenters. The number of esters is 1. The van der Waals surface area contributed by atoms with Crippen molar-refractivity contribution in [2.75, 3.05) is 0 Å². The number of rotatable bonds is 6. The van der Waals surface area contributed by atoms with E-state index in [4.69, 9.17) is 27.9 Å². The average Bonchev–Trinajstić information content (AvgIpc) is 2.29. The smallest absolute Gasteiger partial charge is 0.312 e. The summed E-state index contributed by atoms with van der Waals surface area (Å²) in [7, 11) is 0. The fraction of sp³-hybridized carbons (Fsp3) is 0.462. The van der Waals surface area contributed by atoms with Crippen LogP contribution >= 0.6 is 23.2 Å². The Balaban J connectivity index is 2.42. The van der Waals surface area contributed by atoms with E-state index in [0.29, 0.717) is 10.8 Å². The number of para-hydroxylation sites is 1. The number of hydrogen-bond donors (Lipinski definition) is 0. The molecule has 0 radical (unpaired) electrons. The van der Waals surface area contributed by atoms with E-state index in [1.165, 1.54) is 0 Å². The third kappa shape index (κ3) is 5.42. The van der Waals surface area contributed by atoms with Gasteiger partial charge in [-0.1, -0.05) is 43.5 Å². The Hall–Kier alpha value is -0.730. The Bertz CT molecular complexity index is 366. The highest BCUT2D eigenvalue weighted by atomic mass is 35.5. The van der Waals surface area contributed by atoms with Crippen LogP contribution in [0.1, 0.15) is 32.6 Å². The summed E-state index contributed by atoms with van der Waals surface area (Å²) in [5.41, 5.74) is 0. The number of ether oxygens (including phenoxy) is 1. The van der Waals surface area contributed by atoms with Gasteiger partial charge in [-0.15, -0.1) is 11.6 Å². The van der Waals surface area contributed by atoms with Gasteiger partial charge in [0.05, 0.1) is 11.4 Å². The van der Waals surface area contributed by atoms with Crippen molar-refractivity contribution in [1.82, 2.24) is 0 Å². The summed E-state index contributed by atoms with van der Waals surface area (Å²) in [4.78, 5) is 11.6. The van der Waals surface area contributed by atoms with E-state index < -0.39 is 0 Å². The summed E-state index contributed by atoms with van der Waals surface area (Å²) in [5.74, 6) is 0.0488. The fourth-order valence-corrected chi connectivity index (χ4v) is 1.85. The Morgan fingerprint density at radius 3 is 2.76 bits per heavy atom. The van der Waals surface area contributed by atoms with Gasteiger partial charge in [-0.05, 0) is 18.6 Å². The molecule has 0 spiro atoms. The van der Waals surface area contributed by atoms with E-state index in [-0.39, 0.29) is 17.8 Å². The third-order valence-electron chi connectivity index (χ3n) is 2.32. The molecule has 94 valence electrons. The van der Waals surface area contributed by atoms with Crippen molar-refractivity contribution in [1.29, 1.82) is 0 Å². The Labute approximate surface area is 112 Å². The molecular weight excluding hydrogens is 259 g/mol. The maximum absolute atomic E-state index is 11.6. The lowest BCUT2D eigenvalue weighted by Gasteiger charge is -2.09. The number of hydrogen-bond acceptors (Lipinski definition) is 2. The molecule has 0 aliphatic carbocycles. The van der Waals surface area contributed by atoms with Crippen LogP contribution in [0.3, 0.4) is 0 Å². The molecule has 1 unspecified atom stereocenters. The van der Waals surface area contributed by atoms with Crippen molar-refractivity contribution in [3.8, 4) is 5.75 Å². The van der Waals surface area contributed by atoms with Crippen LogP contribution in [-0.4, -0.2) is 11.3 Å². The van der Waals surface area contributed by atoms with Crippen LogP contribution in [0.5, 0.6) is 5.75 Å². The zero-order chi connectivity index (χ0) is 12.7. The minimum absolute atomic E-state index is 0.162. The van der Waals surface area contributed by atoms with E-state index in [0.717, 1.165) is 19.3 Å². The molecule has 0 fully saturated rings. The maximum Gasteiger partial charge on any atom is 0.312 e. The van der Waals surface area contributed by atoms with Gasteiger partial charge in [0.2, 0.25) is 0 Å². The second-order valence-corrected chi connectivity index (χ2v) is 4.87. The van der Waals surface area contributed by atoms with E-state index in [9.17, 15) is 4.79 Å². The summed E-state index contributed by atoms with van der Waals surface area (Å²) in [5, 5.41) is 0.269. The largest absolute Gasteiger partial charge is 0.425 e. The van der Waals surface area contributed by atoms with Crippen LogP contribution in [0.4, 0.5) is 0 Å². The first kappa shape index (κ1) is 14.3. The van der Waals surface area contributed by atoms with Crippen LogP contribution in [0, 0.1) is 0 Å². The fourth-order valence-electron chi connectivity index (χ4n) is 1.40. The highest BCUT2D eigenvalue weighted by Crippen LogP contribution is 2.24. The second-order valence-electron chi connectivity index (χ2n) is 3.85. The molecule has 0 aliphatic heterocycles. The summed E-state index contributed by atoms with van der Waals surface area (Å²) in [6, 6.07) is 6.89. The lowest BCUT2D eigenvalue weighted by molar-refractivity contribution is -0.134.